The Kier molecular flexibility index (Phi) is 4.60. The molecule has 1 heterocycles. The number of nitrogens with zero attached hydrogens (tertiary/aromatic N) is 1. The van der Waals surface area contributed by atoms with Gasteiger partial charge in [-0.2, -0.15) is 0 Å². The van der Waals surface area contributed by atoms with Crippen LogP contribution >= 0.6 is 22.9 Å². The molecule has 0 N–H and O–H groups in total. The second-order valence-electron chi connectivity index (χ2n) is 5.41. The fraction of sp³-hybridized carbons (Fsp3) is 0.211. The highest BCUT2D eigenvalue weighted by molar-refractivity contribution is 7.15. The second kappa shape index (κ2) is 6.64. The summed E-state index contributed by atoms with van der Waals surface area (Å²) in [5.41, 5.74) is 5.99. The number of aromatic nitrogens is 1. The smallest absolute Gasteiger partial charge is 0.124 e. The summed E-state index contributed by atoms with van der Waals surface area (Å²) in [5.74, 6) is 0.619. The van der Waals surface area contributed by atoms with Crippen LogP contribution in [0.1, 0.15) is 16.0 Å². The van der Waals surface area contributed by atoms with E-state index >= 15 is 0 Å². The Labute approximate surface area is 140 Å². The van der Waals surface area contributed by atoms with Crippen molar-refractivity contribution in [3.63, 3.8) is 0 Å². The van der Waals surface area contributed by atoms with Gasteiger partial charge in [0.15, 0.2) is 0 Å². The minimum absolute atomic E-state index is 0.619. The molecule has 0 aliphatic heterocycles. The van der Waals surface area contributed by atoms with Crippen LogP contribution in [-0.2, 0) is 6.42 Å². The minimum Gasteiger partial charge on any atom is -0.236 e. The Balaban J connectivity index is 2.14. The molecule has 0 aliphatic rings. The number of hydrogen-bond acceptors (Lipinski definition) is 2. The quantitative estimate of drug-likeness (QED) is 0.546. The molecule has 0 saturated carbocycles. The normalized spacial score (nSPS) is 10.9. The van der Waals surface area contributed by atoms with Crippen LogP contribution in [0.15, 0.2) is 48.5 Å². The van der Waals surface area contributed by atoms with Gasteiger partial charge in [0.1, 0.15) is 5.01 Å². The van der Waals surface area contributed by atoms with Gasteiger partial charge < -0.3 is 0 Å². The largest absolute Gasteiger partial charge is 0.236 e. The molecule has 0 atom stereocenters. The third kappa shape index (κ3) is 3.08. The molecule has 0 bridgehead atoms. The highest BCUT2D eigenvalue weighted by atomic mass is 35.5. The number of rotatable bonds is 4. The van der Waals surface area contributed by atoms with E-state index in [0.29, 0.717) is 5.88 Å². The summed E-state index contributed by atoms with van der Waals surface area (Å²) < 4.78 is 0. The van der Waals surface area contributed by atoms with Crippen LogP contribution < -0.4 is 0 Å². The van der Waals surface area contributed by atoms with Crippen LogP contribution in [0.2, 0.25) is 0 Å². The van der Waals surface area contributed by atoms with Crippen molar-refractivity contribution in [2.45, 2.75) is 20.3 Å². The Hall–Kier alpha value is -1.64. The Morgan fingerprint density at radius 1 is 1.05 bits per heavy atom. The molecule has 0 radical (unpaired) electrons. The topological polar surface area (TPSA) is 12.9 Å². The van der Waals surface area contributed by atoms with Gasteiger partial charge in [0, 0.05) is 21.9 Å². The molecule has 0 fully saturated rings. The summed E-state index contributed by atoms with van der Waals surface area (Å²) in [7, 11) is 0. The second-order valence-corrected chi connectivity index (χ2v) is 6.88. The monoisotopic (exact) mass is 327 g/mol. The maximum Gasteiger partial charge on any atom is 0.124 e. The van der Waals surface area contributed by atoms with E-state index in [1.807, 2.05) is 6.07 Å². The van der Waals surface area contributed by atoms with Crippen LogP contribution in [0.25, 0.3) is 21.8 Å². The van der Waals surface area contributed by atoms with Crippen LogP contribution in [0.4, 0.5) is 0 Å². The Bertz CT molecular complexity index is 777. The van der Waals surface area contributed by atoms with Crippen LogP contribution in [0.5, 0.6) is 0 Å². The number of alkyl halides is 1. The number of benzene rings is 2. The Morgan fingerprint density at radius 3 is 2.55 bits per heavy atom. The first-order valence-electron chi connectivity index (χ1n) is 7.37. The van der Waals surface area contributed by atoms with Gasteiger partial charge in [-0.1, -0.05) is 48.0 Å². The molecule has 0 unspecified atom stereocenters. The van der Waals surface area contributed by atoms with E-state index in [4.69, 9.17) is 16.6 Å². The first-order valence-corrected chi connectivity index (χ1v) is 8.73. The number of hydrogen-bond donors (Lipinski definition) is 0. The molecular formula is C19H18ClNS. The van der Waals surface area contributed by atoms with E-state index in [-0.39, 0.29) is 0 Å². The van der Waals surface area contributed by atoms with Gasteiger partial charge in [-0.3, -0.25) is 0 Å². The van der Waals surface area contributed by atoms with Crippen LogP contribution in [0, 0.1) is 13.8 Å². The lowest BCUT2D eigenvalue weighted by atomic mass is 10.0. The molecule has 1 nitrogen and oxygen atoms in total. The van der Waals surface area contributed by atoms with E-state index in [9.17, 15) is 0 Å². The summed E-state index contributed by atoms with van der Waals surface area (Å²) >= 11 is 7.75. The SMILES string of the molecule is Cc1ccc(C)c(-c2nc(-c3ccccc3)sc2CCCl)c1. The average Bonchev–Trinajstić information content (AvgIpc) is 2.95. The lowest BCUT2D eigenvalue weighted by Gasteiger charge is -2.06. The van der Waals surface area contributed by atoms with E-state index in [1.165, 1.54) is 27.1 Å². The zero-order chi connectivity index (χ0) is 15.5. The third-order valence-corrected chi connectivity index (χ3v) is 5.04. The average molecular weight is 328 g/mol. The highest BCUT2D eigenvalue weighted by Crippen LogP contribution is 2.36. The zero-order valence-electron chi connectivity index (χ0n) is 12.8. The molecule has 2 aromatic carbocycles. The summed E-state index contributed by atoms with van der Waals surface area (Å²) in [4.78, 5) is 6.20. The Morgan fingerprint density at radius 2 is 1.82 bits per heavy atom. The number of thiazole rings is 1. The molecule has 3 heteroatoms. The molecule has 0 saturated heterocycles. The van der Waals surface area contributed by atoms with Crippen molar-refractivity contribution in [2.24, 2.45) is 0 Å². The maximum atomic E-state index is 6.00. The summed E-state index contributed by atoms with van der Waals surface area (Å²) in [5, 5.41) is 1.07. The van der Waals surface area contributed by atoms with E-state index < -0.39 is 0 Å². The highest BCUT2D eigenvalue weighted by Gasteiger charge is 2.15. The molecular weight excluding hydrogens is 310 g/mol. The van der Waals surface area contributed by atoms with Crippen LogP contribution in [-0.4, -0.2) is 10.9 Å². The van der Waals surface area contributed by atoms with Crippen molar-refractivity contribution in [2.75, 3.05) is 5.88 Å². The van der Waals surface area contributed by atoms with Crippen LogP contribution in [0.3, 0.4) is 0 Å². The van der Waals surface area contributed by atoms with E-state index in [2.05, 4.69) is 56.3 Å². The third-order valence-electron chi connectivity index (χ3n) is 3.69. The molecule has 22 heavy (non-hydrogen) atoms. The van der Waals surface area contributed by atoms with Crippen molar-refractivity contribution in [1.82, 2.24) is 4.98 Å². The van der Waals surface area contributed by atoms with Gasteiger partial charge in [0.25, 0.3) is 0 Å². The molecule has 3 rings (SSSR count). The zero-order valence-corrected chi connectivity index (χ0v) is 14.3. The van der Waals surface area contributed by atoms with Crippen molar-refractivity contribution in [1.29, 1.82) is 0 Å². The van der Waals surface area contributed by atoms with Crippen molar-refractivity contribution in [3.8, 4) is 21.8 Å². The minimum atomic E-state index is 0.619. The lowest BCUT2D eigenvalue weighted by molar-refractivity contribution is 1.17. The van der Waals surface area contributed by atoms with Crippen molar-refractivity contribution < 1.29 is 0 Å². The first kappa shape index (κ1) is 15.3. The molecule has 3 aromatic rings. The first-order chi connectivity index (χ1) is 10.7. The molecule has 0 amide bonds. The number of halogens is 1. The van der Waals surface area contributed by atoms with E-state index in [0.717, 1.165) is 17.1 Å². The lowest BCUT2D eigenvalue weighted by Crippen LogP contribution is -1.91. The summed E-state index contributed by atoms with van der Waals surface area (Å²) in [6, 6.07) is 16.9. The molecule has 0 spiro atoms. The molecule has 0 aliphatic carbocycles. The van der Waals surface area contributed by atoms with Gasteiger partial charge in [0.05, 0.1) is 5.69 Å². The fourth-order valence-electron chi connectivity index (χ4n) is 2.51. The maximum absolute atomic E-state index is 6.00. The van der Waals surface area contributed by atoms with Gasteiger partial charge >= 0.3 is 0 Å². The molecule has 112 valence electrons. The van der Waals surface area contributed by atoms with Gasteiger partial charge in [-0.15, -0.1) is 22.9 Å². The molecule has 1 aromatic heterocycles. The van der Waals surface area contributed by atoms with Gasteiger partial charge in [-0.05, 0) is 31.9 Å². The number of aryl methyl sites for hydroxylation is 3. The predicted molar refractivity (Wildman–Crippen MR) is 96.9 cm³/mol. The van der Waals surface area contributed by atoms with Crippen molar-refractivity contribution >= 4 is 22.9 Å². The van der Waals surface area contributed by atoms with Gasteiger partial charge in [0.2, 0.25) is 0 Å². The summed E-state index contributed by atoms with van der Waals surface area (Å²) in [6.07, 6.45) is 0.856. The standard InChI is InChI=1S/C19H18ClNS/c1-13-8-9-14(2)16(12-13)18-17(10-11-20)22-19(21-18)15-6-4-3-5-7-15/h3-9,12H,10-11H2,1-2H3. The van der Waals surface area contributed by atoms with E-state index in [1.54, 1.807) is 11.3 Å². The fourth-order valence-corrected chi connectivity index (χ4v) is 3.89. The predicted octanol–water partition coefficient (Wildman–Crippen LogP) is 5.88. The summed E-state index contributed by atoms with van der Waals surface area (Å²) in [6.45, 7) is 4.26. The van der Waals surface area contributed by atoms with Gasteiger partial charge in [-0.25, -0.2) is 4.98 Å². The van der Waals surface area contributed by atoms with Crippen molar-refractivity contribution in [3.05, 3.63) is 64.5 Å².